The van der Waals surface area contributed by atoms with Gasteiger partial charge in [-0.05, 0) is 38.3 Å². The van der Waals surface area contributed by atoms with Crippen LogP contribution in [0.5, 0.6) is 0 Å². The van der Waals surface area contributed by atoms with Crippen LogP contribution in [0.4, 0.5) is 0 Å². The molecule has 2 unspecified atom stereocenters. The molecule has 0 spiro atoms. The molecule has 0 saturated heterocycles. The van der Waals surface area contributed by atoms with Gasteiger partial charge in [0.15, 0.2) is 9.84 Å². The van der Waals surface area contributed by atoms with E-state index in [4.69, 9.17) is 5.73 Å². The zero-order valence-corrected chi connectivity index (χ0v) is 13.1. The Kier molecular flexibility index (Phi) is 5.56. The number of hydrogen-bond donors (Lipinski definition) is 1. The fourth-order valence-electron chi connectivity index (χ4n) is 2.55. The molecule has 0 amide bonds. The Morgan fingerprint density at radius 1 is 1.21 bits per heavy atom. The summed E-state index contributed by atoms with van der Waals surface area (Å²) in [4.78, 5) is 0.427. The molecule has 19 heavy (non-hydrogen) atoms. The third-order valence-corrected chi connectivity index (χ3v) is 6.09. The topological polar surface area (TPSA) is 60.2 Å². The molecule has 2 atom stereocenters. The molecule has 1 aromatic carbocycles. The second-order valence-corrected chi connectivity index (χ2v) is 7.35. The highest BCUT2D eigenvalue weighted by Gasteiger charge is 2.31. The van der Waals surface area contributed by atoms with E-state index in [1.807, 2.05) is 39.8 Å². The first-order valence-electron chi connectivity index (χ1n) is 6.91. The molecule has 0 radical (unpaired) electrons. The highest BCUT2D eigenvalue weighted by molar-refractivity contribution is 7.92. The minimum absolute atomic E-state index is 0.291. The molecule has 1 rings (SSSR count). The van der Waals surface area contributed by atoms with Gasteiger partial charge in [0.05, 0.1) is 10.1 Å². The van der Waals surface area contributed by atoms with Crippen molar-refractivity contribution in [3.05, 3.63) is 29.3 Å². The smallest absolute Gasteiger partial charge is 0.182 e. The fourth-order valence-corrected chi connectivity index (χ4v) is 4.68. The van der Waals surface area contributed by atoms with E-state index in [-0.39, 0.29) is 6.04 Å². The summed E-state index contributed by atoms with van der Waals surface area (Å²) < 4.78 is 25.5. The second-order valence-electron chi connectivity index (χ2n) is 5.21. The Labute approximate surface area is 117 Å². The molecule has 2 N–H and O–H groups in total. The average molecular weight is 283 g/mol. The molecule has 4 heteroatoms. The van der Waals surface area contributed by atoms with Gasteiger partial charge in [-0.25, -0.2) is 8.42 Å². The van der Waals surface area contributed by atoms with Gasteiger partial charge in [0.2, 0.25) is 0 Å². The molecule has 0 bridgehead atoms. The maximum absolute atomic E-state index is 12.7. The first-order valence-corrected chi connectivity index (χ1v) is 8.45. The van der Waals surface area contributed by atoms with Gasteiger partial charge in [0, 0.05) is 6.04 Å². The molecular formula is C15H25NO2S. The maximum Gasteiger partial charge on any atom is 0.182 e. The van der Waals surface area contributed by atoms with Crippen molar-refractivity contribution < 1.29 is 8.42 Å². The molecule has 1 aromatic rings. The average Bonchev–Trinajstić information content (AvgIpc) is 2.28. The Morgan fingerprint density at radius 3 is 2.32 bits per heavy atom. The van der Waals surface area contributed by atoms with E-state index in [2.05, 4.69) is 0 Å². The van der Waals surface area contributed by atoms with Crippen LogP contribution in [0.15, 0.2) is 23.1 Å². The monoisotopic (exact) mass is 283 g/mol. The second kappa shape index (κ2) is 6.53. The van der Waals surface area contributed by atoms with Crippen LogP contribution in [0.1, 0.15) is 44.2 Å². The van der Waals surface area contributed by atoms with Crippen LogP contribution in [0.2, 0.25) is 0 Å². The quantitative estimate of drug-likeness (QED) is 0.873. The Bertz CT molecular complexity index is 523. The molecular weight excluding hydrogens is 258 g/mol. The Balaban J connectivity index is 3.20. The summed E-state index contributed by atoms with van der Waals surface area (Å²) in [5.74, 6) is 0. The standard InChI is InChI=1S/C15H25NO2S/c1-5-7-13(16)14(6-2)19(17,18)15-9-8-11(3)10-12(15)4/h8-10,13-14H,5-7,16H2,1-4H3. The number of rotatable bonds is 6. The van der Waals surface area contributed by atoms with E-state index < -0.39 is 15.1 Å². The largest absolute Gasteiger partial charge is 0.327 e. The number of sulfone groups is 1. The van der Waals surface area contributed by atoms with Crippen molar-refractivity contribution in [2.45, 2.75) is 63.1 Å². The lowest BCUT2D eigenvalue weighted by molar-refractivity contribution is 0.516. The van der Waals surface area contributed by atoms with Crippen molar-refractivity contribution in [3.63, 3.8) is 0 Å². The van der Waals surface area contributed by atoms with Crippen LogP contribution < -0.4 is 5.73 Å². The van der Waals surface area contributed by atoms with Gasteiger partial charge >= 0.3 is 0 Å². The van der Waals surface area contributed by atoms with E-state index in [9.17, 15) is 8.42 Å². The van der Waals surface area contributed by atoms with Gasteiger partial charge in [-0.1, -0.05) is 38.0 Å². The first-order chi connectivity index (χ1) is 8.84. The summed E-state index contributed by atoms with van der Waals surface area (Å²) in [7, 11) is -3.34. The number of benzene rings is 1. The predicted molar refractivity (Wildman–Crippen MR) is 80.1 cm³/mol. The van der Waals surface area contributed by atoms with Gasteiger partial charge in [0.25, 0.3) is 0 Å². The molecule has 0 aliphatic rings. The lowest BCUT2D eigenvalue weighted by Gasteiger charge is -2.23. The third-order valence-electron chi connectivity index (χ3n) is 3.54. The summed E-state index contributed by atoms with van der Waals surface area (Å²) in [5.41, 5.74) is 7.94. The molecule has 0 aliphatic heterocycles. The van der Waals surface area contributed by atoms with Crippen LogP contribution in [0.25, 0.3) is 0 Å². The highest BCUT2D eigenvalue weighted by Crippen LogP contribution is 2.25. The molecule has 3 nitrogen and oxygen atoms in total. The van der Waals surface area contributed by atoms with E-state index in [1.165, 1.54) is 0 Å². The SMILES string of the molecule is CCCC(N)C(CC)S(=O)(=O)c1ccc(C)cc1C. The van der Waals surface area contributed by atoms with Crippen LogP contribution in [-0.2, 0) is 9.84 Å². The predicted octanol–water partition coefficient (Wildman–Crippen LogP) is 2.98. The molecule has 0 fully saturated rings. The van der Waals surface area contributed by atoms with Crippen molar-refractivity contribution in [1.82, 2.24) is 0 Å². The summed E-state index contributed by atoms with van der Waals surface area (Å²) in [6.45, 7) is 7.72. The van der Waals surface area contributed by atoms with Crippen LogP contribution >= 0.6 is 0 Å². The van der Waals surface area contributed by atoms with Crippen molar-refractivity contribution >= 4 is 9.84 Å². The number of aryl methyl sites for hydroxylation is 2. The zero-order valence-electron chi connectivity index (χ0n) is 12.3. The van der Waals surface area contributed by atoms with Gasteiger partial charge in [-0.3, -0.25) is 0 Å². The van der Waals surface area contributed by atoms with Gasteiger partial charge < -0.3 is 5.73 Å². The van der Waals surface area contributed by atoms with Crippen LogP contribution in [0.3, 0.4) is 0 Å². The first kappa shape index (κ1) is 16.2. The lowest BCUT2D eigenvalue weighted by Crippen LogP contribution is -2.40. The maximum atomic E-state index is 12.7. The van der Waals surface area contributed by atoms with E-state index in [1.54, 1.807) is 6.07 Å². The van der Waals surface area contributed by atoms with Gasteiger partial charge in [-0.15, -0.1) is 0 Å². The summed E-state index contributed by atoms with van der Waals surface area (Å²) in [6, 6.07) is 5.17. The Morgan fingerprint density at radius 2 is 1.84 bits per heavy atom. The summed E-state index contributed by atoms with van der Waals surface area (Å²) in [5, 5.41) is -0.492. The highest BCUT2D eigenvalue weighted by atomic mass is 32.2. The van der Waals surface area contributed by atoms with Crippen molar-refractivity contribution in [2.75, 3.05) is 0 Å². The normalized spacial score (nSPS) is 15.2. The van der Waals surface area contributed by atoms with Crippen molar-refractivity contribution in [1.29, 1.82) is 0 Å². The Hall–Kier alpha value is -0.870. The van der Waals surface area contributed by atoms with Gasteiger partial charge in [0.1, 0.15) is 0 Å². The minimum atomic E-state index is -3.34. The number of nitrogens with two attached hydrogens (primary N) is 1. The number of hydrogen-bond acceptors (Lipinski definition) is 3. The van der Waals surface area contributed by atoms with E-state index in [0.717, 1.165) is 24.0 Å². The molecule has 0 saturated carbocycles. The third kappa shape index (κ3) is 3.57. The van der Waals surface area contributed by atoms with Crippen LogP contribution in [-0.4, -0.2) is 19.7 Å². The minimum Gasteiger partial charge on any atom is -0.327 e. The summed E-state index contributed by atoms with van der Waals surface area (Å²) >= 11 is 0. The van der Waals surface area contributed by atoms with E-state index in [0.29, 0.717) is 11.3 Å². The van der Waals surface area contributed by atoms with Gasteiger partial charge in [-0.2, -0.15) is 0 Å². The van der Waals surface area contributed by atoms with Crippen molar-refractivity contribution in [3.8, 4) is 0 Å². The fraction of sp³-hybridized carbons (Fsp3) is 0.600. The van der Waals surface area contributed by atoms with E-state index >= 15 is 0 Å². The van der Waals surface area contributed by atoms with Crippen LogP contribution in [0, 0.1) is 13.8 Å². The lowest BCUT2D eigenvalue weighted by atomic mass is 10.1. The molecule has 108 valence electrons. The molecule has 0 aliphatic carbocycles. The van der Waals surface area contributed by atoms with Crippen molar-refractivity contribution in [2.24, 2.45) is 5.73 Å². The zero-order chi connectivity index (χ0) is 14.6. The molecule has 0 heterocycles. The molecule has 0 aromatic heterocycles. The summed E-state index contributed by atoms with van der Waals surface area (Å²) in [6.07, 6.45) is 2.19.